The highest BCUT2D eigenvalue weighted by molar-refractivity contribution is 14.1. The fraction of sp³-hybridized carbons (Fsp3) is 0.407. The van der Waals surface area contributed by atoms with Crippen LogP contribution >= 0.6 is 22.6 Å². The molecule has 2 N–H and O–H groups in total. The number of para-hydroxylation sites is 1. The summed E-state index contributed by atoms with van der Waals surface area (Å²) in [5.74, 6) is 0.0758. The molecule has 1 saturated heterocycles. The zero-order valence-electron chi connectivity index (χ0n) is 20.1. The molecule has 0 bridgehead atoms. The van der Waals surface area contributed by atoms with Crippen LogP contribution in [0.3, 0.4) is 0 Å². The van der Waals surface area contributed by atoms with E-state index in [0.717, 1.165) is 53.0 Å². The molecule has 34 heavy (non-hydrogen) atoms. The zero-order valence-corrected chi connectivity index (χ0v) is 22.2. The predicted molar refractivity (Wildman–Crippen MR) is 147 cm³/mol. The Labute approximate surface area is 215 Å². The minimum absolute atomic E-state index is 0.0547. The van der Waals surface area contributed by atoms with Gasteiger partial charge in [0, 0.05) is 52.6 Å². The van der Waals surface area contributed by atoms with Crippen LogP contribution < -0.4 is 15.5 Å². The quantitative estimate of drug-likeness (QED) is 0.454. The summed E-state index contributed by atoms with van der Waals surface area (Å²) in [5, 5.41) is 6.07. The van der Waals surface area contributed by atoms with Crippen molar-refractivity contribution in [1.29, 1.82) is 0 Å². The van der Waals surface area contributed by atoms with Gasteiger partial charge in [-0.1, -0.05) is 38.1 Å². The molecule has 0 radical (unpaired) electrons. The Bertz CT molecular complexity index is 1080. The average Bonchev–Trinajstić information content (AvgIpc) is 2.98. The lowest BCUT2D eigenvalue weighted by Gasteiger charge is -2.44. The van der Waals surface area contributed by atoms with Gasteiger partial charge in [-0.15, -0.1) is 0 Å². The Kier molecular flexibility index (Phi) is 7.93. The molecular weight excluding hydrogens is 539 g/mol. The summed E-state index contributed by atoms with van der Waals surface area (Å²) in [6.45, 7) is 9.04. The van der Waals surface area contributed by atoms with Crippen molar-refractivity contribution >= 4 is 51.5 Å². The van der Waals surface area contributed by atoms with Crippen LogP contribution in [0.2, 0.25) is 0 Å². The summed E-state index contributed by atoms with van der Waals surface area (Å²) in [6.07, 6.45) is 5.37. The third-order valence-corrected chi connectivity index (χ3v) is 7.76. The summed E-state index contributed by atoms with van der Waals surface area (Å²) in [6, 6.07) is 14.6. The number of amides is 2. The third kappa shape index (κ3) is 5.30. The lowest BCUT2D eigenvalue weighted by atomic mass is 10.0. The molecule has 2 aromatic rings. The number of anilines is 3. The number of nitrogens with zero attached hydrogens (tertiary/aromatic N) is 2. The second kappa shape index (κ2) is 10.9. The minimum atomic E-state index is -0.0763. The first kappa shape index (κ1) is 24.7. The third-order valence-electron chi connectivity index (χ3n) is 6.90. The molecule has 0 aliphatic carbocycles. The maximum absolute atomic E-state index is 12.5. The van der Waals surface area contributed by atoms with Crippen molar-refractivity contribution < 1.29 is 9.59 Å². The molecule has 2 heterocycles. The average molecular weight is 572 g/mol. The molecule has 2 aromatic carbocycles. The van der Waals surface area contributed by atoms with E-state index >= 15 is 0 Å². The summed E-state index contributed by atoms with van der Waals surface area (Å²) in [4.78, 5) is 29.5. The van der Waals surface area contributed by atoms with E-state index in [4.69, 9.17) is 0 Å². The van der Waals surface area contributed by atoms with E-state index in [1.165, 1.54) is 5.69 Å². The second-order valence-corrected chi connectivity index (χ2v) is 10.2. The van der Waals surface area contributed by atoms with Gasteiger partial charge in [0.1, 0.15) is 0 Å². The van der Waals surface area contributed by atoms with E-state index in [9.17, 15) is 9.59 Å². The molecule has 6 nitrogen and oxygen atoms in total. The molecule has 7 heteroatoms. The molecule has 4 rings (SSSR count). The van der Waals surface area contributed by atoms with Crippen molar-refractivity contribution in [1.82, 2.24) is 4.90 Å². The fourth-order valence-corrected chi connectivity index (χ4v) is 5.79. The Hall–Kier alpha value is -2.39. The number of carbonyl (C=O) groups excluding carboxylic acids is 2. The maximum atomic E-state index is 12.5. The first-order valence-corrected chi connectivity index (χ1v) is 13.2. The molecule has 2 atom stereocenters. The first-order chi connectivity index (χ1) is 16.4. The number of nitrogens with one attached hydrogen (secondary N) is 2. The first-order valence-electron chi connectivity index (χ1n) is 12.1. The highest BCUT2D eigenvalue weighted by atomic mass is 127. The molecule has 1 fully saturated rings. The summed E-state index contributed by atoms with van der Waals surface area (Å²) < 4.78 is 1.13. The van der Waals surface area contributed by atoms with Gasteiger partial charge in [0.2, 0.25) is 11.8 Å². The number of halogens is 1. The Morgan fingerprint density at radius 3 is 2.65 bits per heavy atom. The zero-order chi connectivity index (χ0) is 24.2. The normalized spacial score (nSPS) is 20.6. The number of hydrogen-bond donors (Lipinski definition) is 2. The molecule has 1 unspecified atom stereocenters. The van der Waals surface area contributed by atoms with Crippen LogP contribution in [-0.2, 0) is 9.59 Å². The number of piperazine rings is 1. The highest BCUT2D eigenvalue weighted by Crippen LogP contribution is 2.35. The van der Waals surface area contributed by atoms with Crippen LogP contribution in [0.1, 0.15) is 45.2 Å². The second-order valence-electron chi connectivity index (χ2n) is 9.09. The van der Waals surface area contributed by atoms with Crippen molar-refractivity contribution in [2.45, 2.75) is 45.7 Å². The van der Waals surface area contributed by atoms with Crippen LogP contribution in [0.4, 0.5) is 17.1 Å². The largest absolute Gasteiger partial charge is 0.365 e. The summed E-state index contributed by atoms with van der Waals surface area (Å²) >= 11 is 2.37. The standard InChI is InChI=1S/C27H33IN4O2/c1-4-19(5-2)27(34)29-20-10-11-25(22(28)16-20)32-15-14-31(17-18(32)3)24-12-13-26(33)30-23-9-7-6-8-21(23)24/h6-13,16,18-19,24H,4-5,14-15,17H2,1-3H3,(H,29,34)(H,30,33)/t18-,24?/m1/s1. The van der Waals surface area contributed by atoms with Crippen LogP contribution in [0.15, 0.2) is 54.6 Å². The van der Waals surface area contributed by atoms with E-state index < -0.39 is 0 Å². The number of hydrogen-bond acceptors (Lipinski definition) is 4. The van der Waals surface area contributed by atoms with Gasteiger partial charge in [-0.05, 0) is 72.2 Å². The van der Waals surface area contributed by atoms with E-state index in [-0.39, 0.29) is 23.8 Å². The Balaban J connectivity index is 1.47. The van der Waals surface area contributed by atoms with Gasteiger partial charge in [-0.25, -0.2) is 0 Å². The number of carbonyl (C=O) groups is 2. The van der Waals surface area contributed by atoms with Crippen molar-refractivity contribution in [3.63, 3.8) is 0 Å². The van der Waals surface area contributed by atoms with Gasteiger partial charge in [0.15, 0.2) is 0 Å². The van der Waals surface area contributed by atoms with Crippen molar-refractivity contribution in [3.05, 3.63) is 63.8 Å². The minimum Gasteiger partial charge on any atom is -0.365 e. The maximum Gasteiger partial charge on any atom is 0.248 e. The molecule has 180 valence electrons. The monoisotopic (exact) mass is 572 g/mol. The van der Waals surface area contributed by atoms with E-state index in [1.54, 1.807) is 6.08 Å². The van der Waals surface area contributed by atoms with Crippen molar-refractivity contribution in [2.75, 3.05) is 35.2 Å². The van der Waals surface area contributed by atoms with Crippen LogP contribution in [0.25, 0.3) is 0 Å². The van der Waals surface area contributed by atoms with Crippen molar-refractivity contribution in [2.24, 2.45) is 5.92 Å². The van der Waals surface area contributed by atoms with Gasteiger partial charge in [0.05, 0.1) is 11.7 Å². The molecule has 0 spiro atoms. The Morgan fingerprint density at radius 1 is 1.18 bits per heavy atom. The van der Waals surface area contributed by atoms with Crippen LogP contribution in [-0.4, -0.2) is 42.4 Å². The summed E-state index contributed by atoms with van der Waals surface area (Å²) in [5.41, 5.74) is 4.08. The van der Waals surface area contributed by atoms with E-state index in [1.807, 2.05) is 30.3 Å². The van der Waals surface area contributed by atoms with E-state index in [0.29, 0.717) is 6.04 Å². The van der Waals surface area contributed by atoms with Crippen LogP contribution in [0.5, 0.6) is 0 Å². The fourth-order valence-electron chi connectivity index (χ4n) is 4.96. The lowest BCUT2D eigenvalue weighted by molar-refractivity contribution is -0.120. The summed E-state index contributed by atoms with van der Waals surface area (Å²) in [7, 11) is 0. The predicted octanol–water partition coefficient (Wildman–Crippen LogP) is 5.43. The lowest BCUT2D eigenvalue weighted by Crippen LogP contribution is -2.52. The molecule has 2 amide bonds. The topological polar surface area (TPSA) is 64.7 Å². The number of benzene rings is 2. The number of fused-ring (bicyclic) bond motifs is 1. The van der Waals surface area contributed by atoms with Gasteiger partial charge >= 0.3 is 0 Å². The van der Waals surface area contributed by atoms with Gasteiger partial charge in [-0.3, -0.25) is 14.5 Å². The van der Waals surface area contributed by atoms with Crippen molar-refractivity contribution in [3.8, 4) is 0 Å². The molecule has 0 aromatic heterocycles. The van der Waals surface area contributed by atoms with Gasteiger partial charge in [0.25, 0.3) is 0 Å². The Morgan fingerprint density at radius 2 is 1.94 bits per heavy atom. The highest BCUT2D eigenvalue weighted by Gasteiger charge is 2.31. The molecular formula is C27H33IN4O2. The van der Waals surface area contributed by atoms with E-state index in [2.05, 4.69) is 82.0 Å². The molecule has 0 saturated carbocycles. The van der Waals surface area contributed by atoms with Crippen LogP contribution in [0, 0.1) is 9.49 Å². The molecule has 2 aliphatic rings. The smallest absolute Gasteiger partial charge is 0.248 e. The molecule has 2 aliphatic heterocycles. The van der Waals surface area contributed by atoms with Gasteiger partial charge < -0.3 is 15.5 Å². The number of rotatable bonds is 6. The SMILES string of the molecule is CCC(CC)C(=O)Nc1ccc(N2CCN(C3C=CC(=O)Nc4ccccc43)C[C@H]2C)c(I)c1. The van der Waals surface area contributed by atoms with Gasteiger partial charge in [-0.2, -0.15) is 0 Å².